The molecule has 25 heavy (non-hydrogen) atoms. The number of hydrogen-bond acceptors (Lipinski definition) is 1. The zero-order chi connectivity index (χ0) is 17.2. The summed E-state index contributed by atoms with van der Waals surface area (Å²) in [5.74, 6) is 1.09. The molecular formula is C22H19ClN2. The molecule has 4 rings (SSSR count). The minimum atomic E-state index is 0.293. The average molecular weight is 347 g/mol. The summed E-state index contributed by atoms with van der Waals surface area (Å²) in [5.41, 5.74) is 4.68. The number of aryl methyl sites for hydroxylation is 1. The van der Waals surface area contributed by atoms with Gasteiger partial charge in [0, 0.05) is 17.1 Å². The fraction of sp³-hybridized carbons (Fsp3) is 0.136. The standard InChI is InChI=1S/C22H19ClN2/c1-16-6-5-9-20(14-16)25-21(17-10-12-18(23)13-11-17)15-22(25)24-19-7-3-2-4-8-19/h2-14,21H,15H2,1H3. The third-order valence-electron chi connectivity index (χ3n) is 4.51. The molecule has 0 spiro atoms. The molecule has 1 unspecified atom stereocenters. The van der Waals surface area contributed by atoms with Crippen molar-refractivity contribution < 1.29 is 0 Å². The Kier molecular flexibility index (Phi) is 4.29. The molecule has 124 valence electrons. The molecule has 3 aromatic carbocycles. The van der Waals surface area contributed by atoms with E-state index in [-0.39, 0.29) is 0 Å². The van der Waals surface area contributed by atoms with Crippen LogP contribution in [0.1, 0.15) is 23.6 Å². The number of hydrogen-bond donors (Lipinski definition) is 0. The van der Waals surface area contributed by atoms with Crippen LogP contribution < -0.4 is 4.90 Å². The summed E-state index contributed by atoms with van der Waals surface area (Å²) in [6, 6.07) is 27.1. The van der Waals surface area contributed by atoms with Crippen molar-refractivity contribution in [1.29, 1.82) is 0 Å². The van der Waals surface area contributed by atoms with Gasteiger partial charge in [-0.15, -0.1) is 0 Å². The van der Waals surface area contributed by atoms with E-state index in [1.54, 1.807) is 0 Å². The van der Waals surface area contributed by atoms with E-state index in [0.29, 0.717) is 6.04 Å². The SMILES string of the molecule is Cc1cccc(N2C(=Nc3ccccc3)CC2c2ccc(Cl)cc2)c1. The normalized spacial score (nSPS) is 18.2. The zero-order valence-corrected chi connectivity index (χ0v) is 14.8. The highest BCUT2D eigenvalue weighted by molar-refractivity contribution is 6.30. The Bertz CT molecular complexity index is 901. The number of nitrogens with zero attached hydrogens (tertiary/aromatic N) is 2. The van der Waals surface area contributed by atoms with Crippen molar-refractivity contribution in [3.05, 3.63) is 95.0 Å². The lowest BCUT2D eigenvalue weighted by molar-refractivity contribution is 0.652. The second-order valence-corrected chi connectivity index (χ2v) is 6.78. The molecule has 0 bridgehead atoms. The van der Waals surface area contributed by atoms with Crippen molar-refractivity contribution in [3.63, 3.8) is 0 Å². The Labute approximate surface area is 153 Å². The topological polar surface area (TPSA) is 15.6 Å². The van der Waals surface area contributed by atoms with Gasteiger partial charge in [-0.1, -0.05) is 54.1 Å². The van der Waals surface area contributed by atoms with Crippen LogP contribution in [0.25, 0.3) is 0 Å². The predicted octanol–water partition coefficient (Wildman–Crippen LogP) is 6.33. The molecule has 0 aliphatic carbocycles. The summed E-state index contributed by atoms with van der Waals surface area (Å²) in [4.78, 5) is 7.18. The Morgan fingerprint density at radius 3 is 2.40 bits per heavy atom. The minimum Gasteiger partial charge on any atom is -0.322 e. The second-order valence-electron chi connectivity index (χ2n) is 6.34. The van der Waals surface area contributed by atoms with Gasteiger partial charge in [-0.25, -0.2) is 4.99 Å². The van der Waals surface area contributed by atoms with Crippen molar-refractivity contribution in [3.8, 4) is 0 Å². The van der Waals surface area contributed by atoms with E-state index in [2.05, 4.69) is 48.2 Å². The third-order valence-corrected chi connectivity index (χ3v) is 4.77. The first-order valence-corrected chi connectivity index (χ1v) is 8.82. The maximum absolute atomic E-state index is 6.05. The van der Waals surface area contributed by atoms with E-state index >= 15 is 0 Å². The Morgan fingerprint density at radius 2 is 1.68 bits per heavy atom. The van der Waals surface area contributed by atoms with E-state index in [1.165, 1.54) is 16.8 Å². The Hall–Kier alpha value is -2.58. The van der Waals surface area contributed by atoms with Gasteiger partial charge in [-0.3, -0.25) is 0 Å². The fourth-order valence-corrected chi connectivity index (χ4v) is 3.37. The molecule has 1 atom stereocenters. The van der Waals surface area contributed by atoms with E-state index in [4.69, 9.17) is 16.6 Å². The van der Waals surface area contributed by atoms with Crippen LogP contribution in [0.2, 0.25) is 5.02 Å². The molecule has 3 aromatic rings. The molecule has 1 heterocycles. The van der Waals surface area contributed by atoms with Gasteiger partial charge in [0.1, 0.15) is 5.84 Å². The minimum absolute atomic E-state index is 0.293. The maximum Gasteiger partial charge on any atom is 0.112 e. The third kappa shape index (κ3) is 3.31. The van der Waals surface area contributed by atoms with Crippen LogP contribution in [0, 0.1) is 6.92 Å². The smallest absolute Gasteiger partial charge is 0.112 e. The fourth-order valence-electron chi connectivity index (χ4n) is 3.24. The van der Waals surface area contributed by atoms with Crippen molar-refractivity contribution in [1.82, 2.24) is 0 Å². The lowest BCUT2D eigenvalue weighted by Crippen LogP contribution is -2.46. The molecule has 0 saturated carbocycles. The van der Waals surface area contributed by atoms with Crippen molar-refractivity contribution in [2.24, 2.45) is 4.99 Å². The molecular weight excluding hydrogens is 328 g/mol. The molecule has 0 radical (unpaired) electrons. The average Bonchev–Trinajstić information content (AvgIpc) is 2.60. The lowest BCUT2D eigenvalue weighted by atomic mass is 9.92. The molecule has 1 fully saturated rings. The van der Waals surface area contributed by atoms with Gasteiger partial charge >= 0.3 is 0 Å². The van der Waals surface area contributed by atoms with Gasteiger partial charge < -0.3 is 4.90 Å². The quantitative estimate of drug-likeness (QED) is 0.541. The van der Waals surface area contributed by atoms with Crippen LogP contribution in [-0.2, 0) is 0 Å². The van der Waals surface area contributed by atoms with Crippen LogP contribution in [0.15, 0.2) is 83.9 Å². The number of aliphatic imine (C=N–C) groups is 1. The highest BCUT2D eigenvalue weighted by Crippen LogP contribution is 2.41. The second kappa shape index (κ2) is 6.73. The van der Waals surface area contributed by atoms with Gasteiger partial charge in [-0.2, -0.15) is 0 Å². The first-order valence-electron chi connectivity index (χ1n) is 8.45. The van der Waals surface area contributed by atoms with E-state index in [0.717, 1.165) is 23.0 Å². The molecule has 0 N–H and O–H groups in total. The molecule has 0 aromatic heterocycles. The zero-order valence-electron chi connectivity index (χ0n) is 14.1. The molecule has 1 saturated heterocycles. The van der Waals surface area contributed by atoms with Crippen molar-refractivity contribution in [2.75, 3.05) is 4.90 Å². The maximum atomic E-state index is 6.05. The van der Waals surface area contributed by atoms with E-state index in [9.17, 15) is 0 Å². The number of amidine groups is 1. The van der Waals surface area contributed by atoms with Crippen LogP contribution in [0.5, 0.6) is 0 Å². The summed E-state index contributed by atoms with van der Waals surface area (Å²) < 4.78 is 0. The van der Waals surface area contributed by atoms with Crippen LogP contribution in [0.3, 0.4) is 0 Å². The van der Waals surface area contributed by atoms with Crippen molar-refractivity contribution >= 4 is 28.8 Å². The van der Waals surface area contributed by atoms with Gasteiger partial charge in [0.15, 0.2) is 0 Å². The number of halogens is 1. The molecule has 1 aliphatic heterocycles. The van der Waals surface area contributed by atoms with Gasteiger partial charge in [0.05, 0.1) is 11.7 Å². The largest absolute Gasteiger partial charge is 0.322 e. The first-order chi connectivity index (χ1) is 12.2. The van der Waals surface area contributed by atoms with Gasteiger partial charge in [-0.05, 0) is 54.4 Å². The highest BCUT2D eigenvalue weighted by atomic mass is 35.5. The molecule has 0 amide bonds. The van der Waals surface area contributed by atoms with Gasteiger partial charge in [0.2, 0.25) is 0 Å². The predicted molar refractivity (Wildman–Crippen MR) is 106 cm³/mol. The Morgan fingerprint density at radius 1 is 0.920 bits per heavy atom. The number of rotatable bonds is 3. The summed E-state index contributed by atoms with van der Waals surface area (Å²) >= 11 is 6.05. The van der Waals surface area contributed by atoms with Crippen LogP contribution >= 0.6 is 11.6 Å². The summed E-state index contributed by atoms with van der Waals surface area (Å²) in [7, 11) is 0. The lowest BCUT2D eigenvalue weighted by Gasteiger charge is -2.44. The highest BCUT2D eigenvalue weighted by Gasteiger charge is 2.36. The van der Waals surface area contributed by atoms with Crippen molar-refractivity contribution in [2.45, 2.75) is 19.4 Å². The van der Waals surface area contributed by atoms with Crippen LogP contribution in [0.4, 0.5) is 11.4 Å². The van der Waals surface area contributed by atoms with Crippen LogP contribution in [-0.4, -0.2) is 5.84 Å². The summed E-state index contributed by atoms with van der Waals surface area (Å²) in [5, 5.41) is 0.767. The van der Waals surface area contributed by atoms with Gasteiger partial charge in [0.25, 0.3) is 0 Å². The number of benzene rings is 3. The van der Waals surface area contributed by atoms with E-state index < -0.39 is 0 Å². The summed E-state index contributed by atoms with van der Waals surface area (Å²) in [6.07, 6.45) is 0.921. The monoisotopic (exact) mass is 346 g/mol. The molecule has 2 nitrogen and oxygen atoms in total. The first kappa shape index (κ1) is 15.9. The van der Waals surface area contributed by atoms with E-state index in [1.807, 2.05) is 42.5 Å². The summed E-state index contributed by atoms with van der Waals surface area (Å²) in [6.45, 7) is 2.12. The number of para-hydroxylation sites is 1. The molecule has 1 aliphatic rings. The number of anilines is 1. The molecule has 3 heteroatoms. The Balaban J connectivity index is 1.72.